The van der Waals surface area contributed by atoms with E-state index < -0.39 is 5.60 Å². The van der Waals surface area contributed by atoms with E-state index in [1.165, 1.54) is 6.07 Å². The fourth-order valence-corrected chi connectivity index (χ4v) is 5.08. The summed E-state index contributed by atoms with van der Waals surface area (Å²) < 4.78 is 19.7. The van der Waals surface area contributed by atoms with Gasteiger partial charge < -0.3 is 9.52 Å². The molecule has 3 unspecified atom stereocenters. The molecular weight excluding hydrogens is 267 g/mol. The molecule has 0 spiro atoms. The molecule has 1 aromatic heterocycles. The lowest BCUT2D eigenvalue weighted by molar-refractivity contribution is -0.162. The molecule has 2 nitrogen and oxygen atoms in total. The Labute approximate surface area is 124 Å². The van der Waals surface area contributed by atoms with E-state index in [0.717, 1.165) is 24.6 Å². The monoisotopic (exact) mass is 288 g/mol. The molecule has 2 aliphatic carbocycles. The zero-order valence-electron chi connectivity index (χ0n) is 12.7. The third kappa shape index (κ3) is 1.36. The molecule has 0 saturated heterocycles. The van der Waals surface area contributed by atoms with Crippen molar-refractivity contribution in [1.29, 1.82) is 0 Å². The first-order valence-electron chi connectivity index (χ1n) is 7.70. The average Bonchev–Trinajstić information content (AvgIpc) is 3.05. The van der Waals surface area contributed by atoms with Gasteiger partial charge in [0.15, 0.2) is 11.4 Å². The van der Waals surface area contributed by atoms with Crippen molar-refractivity contribution in [3.05, 3.63) is 35.8 Å². The van der Waals surface area contributed by atoms with Crippen LogP contribution in [0.4, 0.5) is 4.39 Å². The highest BCUT2D eigenvalue weighted by molar-refractivity contribution is 5.78. The van der Waals surface area contributed by atoms with Gasteiger partial charge in [-0.2, -0.15) is 0 Å². The van der Waals surface area contributed by atoms with Crippen molar-refractivity contribution in [3.63, 3.8) is 0 Å². The van der Waals surface area contributed by atoms with Crippen LogP contribution in [0, 0.1) is 22.6 Å². The predicted octanol–water partition coefficient (Wildman–Crippen LogP) is 4.61. The second kappa shape index (κ2) is 3.70. The molecule has 1 heterocycles. The first kappa shape index (κ1) is 13.3. The molecule has 3 atom stereocenters. The largest absolute Gasteiger partial charge is 0.455 e. The Bertz CT molecular complexity index is 725. The second-order valence-corrected chi connectivity index (χ2v) is 7.70. The Morgan fingerprint density at radius 3 is 2.67 bits per heavy atom. The Balaban J connectivity index is 1.96. The van der Waals surface area contributed by atoms with Crippen LogP contribution >= 0.6 is 0 Å². The van der Waals surface area contributed by atoms with E-state index in [4.69, 9.17) is 4.42 Å². The number of benzene rings is 1. The van der Waals surface area contributed by atoms with E-state index in [-0.39, 0.29) is 22.2 Å². The molecule has 0 amide bonds. The van der Waals surface area contributed by atoms with Gasteiger partial charge in [0, 0.05) is 16.2 Å². The smallest absolute Gasteiger partial charge is 0.170 e. The van der Waals surface area contributed by atoms with Crippen LogP contribution in [0.3, 0.4) is 0 Å². The number of hydrogen-bond acceptors (Lipinski definition) is 2. The maximum absolute atomic E-state index is 13.9. The molecule has 112 valence electrons. The number of para-hydroxylation sites is 1. The van der Waals surface area contributed by atoms with Crippen molar-refractivity contribution in [2.45, 2.75) is 45.6 Å². The van der Waals surface area contributed by atoms with Crippen LogP contribution in [-0.2, 0) is 5.60 Å². The average molecular weight is 288 g/mol. The lowest BCUT2D eigenvalue weighted by Crippen LogP contribution is -2.51. The summed E-state index contributed by atoms with van der Waals surface area (Å²) in [7, 11) is 0. The minimum Gasteiger partial charge on any atom is -0.455 e. The van der Waals surface area contributed by atoms with E-state index in [0.29, 0.717) is 11.7 Å². The molecule has 2 saturated carbocycles. The molecule has 1 aromatic carbocycles. The van der Waals surface area contributed by atoms with Crippen molar-refractivity contribution >= 4 is 11.0 Å². The van der Waals surface area contributed by atoms with Crippen LogP contribution in [-0.4, -0.2) is 5.11 Å². The second-order valence-electron chi connectivity index (χ2n) is 7.70. The Hall–Kier alpha value is -1.35. The summed E-state index contributed by atoms with van der Waals surface area (Å²) in [6, 6.07) is 6.73. The van der Waals surface area contributed by atoms with Crippen LogP contribution in [0.15, 0.2) is 28.7 Å². The normalized spacial score (nSPS) is 37.5. The van der Waals surface area contributed by atoms with Crippen molar-refractivity contribution in [2.75, 3.05) is 0 Å². The van der Waals surface area contributed by atoms with Crippen LogP contribution in [0.25, 0.3) is 11.0 Å². The van der Waals surface area contributed by atoms with Crippen LogP contribution in [0.5, 0.6) is 0 Å². The third-order valence-electron chi connectivity index (χ3n) is 6.42. The summed E-state index contributed by atoms with van der Waals surface area (Å²) in [5, 5.41) is 12.3. The number of hydrogen-bond donors (Lipinski definition) is 1. The fraction of sp³-hybridized carbons (Fsp3) is 0.556. The van der Waals surface area contributed by atoms with Gasteiger partial charge in [-0.25, -0.2) is 4.39 Å². The van der Waals surface area contributed by atoms with Gasteiger partial charge in [0.25, 0.3) is 0 Å². The molecule has 0 radical (unpaired) electrons. The van der Waals surface area contributed by atoms with E-state index in [9.17, 15) is 9.50 Å². The first-order valence-corrected chi connectivity index (χ1v) is 7.70. The lowest BCUT2D eigenvalue weighted by atomic mass is 9.59. The third-order valence-corrected chi connectivity index (χ3v) is 6.42. The van der Waals surface area contributed by atoms with Gasteiger partial charge >= 0.3 is 0 Å². The number of fused-ring (bicyclic) bond motifs is 3. The van der Waals surface area contributed by atoms with Gasteiger partial charge in [-0.05, 0) is 37.3 Å². The van der Waals surface area contributed by atoms with E-state index in [1.54, 1.807) is 6.07 Å². The molecule has 3 heteroatoms. The Morgan fingerprint density at radius 2 is 2.05 bits per heavy atom. The zero-order valence-corrected chi connectivity index (χ0v) is 12.7. The molecule has 2 aromatic rings. The summed E-state index contributed by atoms with van der Waals surface area (Å²) in [6.45, 7) is 6.38. The van der Waals surface area contributed by atoms with Crippen molar-refractivity contribution in [2.24, 2.45) is 16.7 Å². The van der Waals surface area contributed by atoms with Crippen LogP contribution < -0.4 is 0 Å². The fourth-order valence-electron chi connectivity index (χ4n) is 5.08. The first-order chi connectivity index (χ1) is 9.79. The van der Waals surface area contributed by atoms with Gasteiger partial charge in [0.2, 0.25) is 0 Å². The molecule has 2 fully saturated rings. The number of furan rings is 1. The maximum atomic E-state index is 13.9. The molecule has 21 heavy (non-hydrogen) atoms. The molecule has 4 rings (SSSR count). The summed E-state index contributed by atoms with van der Waals surface area (Å²) >= 11 is 0. The summed E-state index contributed by atoms with van der Waals surface area (Å²) in [4.78, 5) is 0. The highest BCUT2D eigenvalue weighted by Crippen LogP contribution is 2.71. The van der Waals surface area contributed by atoms with E-state index in [1.807, 2.05) is 12.1 Å². The number of rotatable bonds is 1. The molecule has 1 N–H and O–H groups in total. The summed E-state index contributed by atoms with van der Waals surface area (Å²) in [5.41, 5.74) is -1.23. The molecule has 2 bridgehead atoms. The maximum Gasteiger partial charge on any atom is 0.170 e. The predicted molar refractivity (Wildman–Crippen MR) is 79.3 cm³/mol. The minimum atomic E-state index is -1.03. The SMILES string of the molecule is CC12CCC(C1)C(C)(C)C2(O)c1cc2cccc(F)c2o1. The van der Waals surface area contributed by atoms with Gasteiger partial charge in [0.05, 0.1) is 0 Å². The van der Waals surface area contributed by atoms with Crippen molar-refractivity contribution in [1.82, 2.24) is 0 Å². The highest BCUT2D eigenvalue weighted by atomic mass is 19.1. The molecular formula is C18H21FO2. The van der Waals surface area contributed by atoms with Crippen LogP contribution in [0.1, 0.15) is 45.8 Å². The van der Waals surface area contributed by atoms with Gasteiger partial charge in [-0.1, -0.05) is 32.9 Å². The topological polar surface area (TPSA) is 33.4 Å². The molecule has 2 aliphatic rings. The Kier molecular flexibility index (Phi) is 2.34. The summed E-state index contributed by atoms with van der Waals surface area (Å²) in [5.74, 6) is 0.649. The number of aliphatic hydroxyl groups is 1. The molecule has 0 aliphatic heterocycles. The Morgan fingerprint density at radius 1 is 1.29 bits per heavy atom. The minimum absolute atomic E-state index is 0.189. The van der Waals surface area contributed by atoms with E-state index in [2.05, 4.69) is 20.8 Å². The quantitative estimate of drug-likeness (QED) is 0.831. The van der Waals surface area contributed by atoms with Gasteiger partial charge in [-0.3, -0.25) is 0 Å². The standard InChI is InChI=1S/C18H21FO2/c1-16(2)12-7-8-17(3,10-12)18(16,20)14-9-11-5-4-6-13(19)15(11)21-14/h4-6,9,12,20H,7-8,10H2,1-3H3. The van der Waals surface area contributed by atoms with Crippen LogP contribution in [0.2, 0.25) is 0 Å². The zero-order chi connectivity index (χ0) is 15.0. The number of halogens is 1. The van der Waals surface area contributed by atoms with Crippen molar-refractivity contribution in [3.8, 4) is 0 Å². The van der Waals surface area contributed by atoms with Gasteiger partial charge in [0.1, 0.15) is 11.4 Å². The van der Waals surface area contributed by atoms with Crippen molar-refractivity contribution < 1.29 is 13.9 Å². The van der Waals surface area contributed by atoms with Gasteiger partial charge in [-0.15, -0.1) is 0 Å². The lowest BCUT2D eigenvalue weighted by Gasteiger charge is -2.49. The van der Waals surface area contributed by atoms with E-state index >= 15 is 0 Å². The highest BCUT2D eigenvalue weighted by Gasteiger charge is 2.70. The summed E-state index contributed by atoms with van der Waals surface area (Å²) in [6.07, 6.45) is 3.16.